The third-order valence-corrected chi connectivity index (χ3v) is 3.78. The molecule has 0 aliphatic carbocycles. The predicted molar refractivity (Wildman–Crippen MR) is 75.2 cm³/mol. The molecule has 2 rings (SSSR count). The number of aromatic nitrogens is 2. The molecule has 114 valence electrons. The van der Waals surface area contributed by atoms with E-state index in [1.807, 2.05) is 20.8 Å². The van der Waals surface area contributed by atoms with Gasteiger partial charge in [-0.1, -0.05) is 20.8 Å². The van der Waals surface area contributed by atoms with E-state index >= 15 is 0 Å². The van der Waals surface area contributed by atoms with Crippen molar-refractivity contribution in [2.45, 2.75) is 39.7 Å². The third-order valence-electron chi connectivity index (χ3n) is 3.78. The fourth-order valence-corrected chi connectivity index (χ4v) is 2.23. The highest BCUT2D eigenvalue weighted by molar-refractivity contribution is 5.77. The van der Waals surface area contributed by atoms with Crippen LogP contribution < -0.4 is 0 Å². The Balaban J connectivity index is 2.59. The van der Waals surface area contributed by atoms with E-state index in [0.717, 1.165) is 12.1 Å². The summed E-state index contributed by atoms with van der Waals surface area (Å²) < 4.78 is 28.5. The summed E-state index contributed by atoms with van der Waals surface area (Å²) in [5.41, 5.74) is 0.777. The van der Waals surface area contributed by atoms with E-state index in [0.29, 0.717) is 16.9 Å². The SMILES string of the molecule is CC(C)C(C)c1nc2cc(F)c(F)cc2n1CCC(=O)O. The lowest BCUT2D eigenvalue weighted by atomic mass is 9.97. The van der Waals surface area contributed by atoms with Crippen LogP contribution in [-0.2, 0) is 11.3 Å². The van der Waals surface area contributed by atoms with E-state index in [-0.39, 0.29) is 24.8 Å². The lowest BCUT2D eigenvalue weighted by molar-refractivity contribution is -0.137. The average Bonchev–Trinajstić information content (AvgIpc) is 2.73. The molecule has 0 saturated carbocycles. The minimum Gasteiger partial charge on any atom is -0.481 e. The molecule has 1 atom stereocenters. The largest absolute Gasteiger partial charge is 0.481 e. The summed E-state index contributed by atoms with van der Waals surface area (Å²) in [4.78, 5) is 15.2. The molecule has 0 fully saturated rings. The van der Waals surface area contributed by atoms with Crippen molar-refractivity contribution in [3.63, 3.8) is 0 Å². The molecule has 1 aromatic heterocycles. The quantitative estimate of drug-likeness (QED) is 0.918. The van der Waals surface area contributed by atoms with Crippen molar-refractivity contribution in [1.82, 2.24) is 9.55 Å². The van der Waals surface area contributed by atoms with Crippen LogP contribution in [0.25, 0.3) is 11.0 Å². The van der Waals surface area contributed by atoms with Crippen LogP contribution in [0.1, 0.15) is 38.9 Å². The Morgan fingerprint density at radius 3 is 2.48 bits per heavy atom. The molecule has 0 spiro atoms. The Bertz CT molecular complexity index is 680. The van der Waals surface area contributed by atoms with Gasteiger partial charge < -0.3 is 9.67 Å². The molecule has 1 heterocycles. The summed E-state index contributed by atoms with van der Waals surface area (Å²) in [6.45, 7) is 6.19. The number of carbonyl (C=O) groups is 1. The summed E-state index contributed by atoms with van der Waals surface area (Å²) in [7, 11) is 0. The van der Waals surface area contributed by atoms with Gasteiger partial charge in [0.25, 0.3) is 0 Å². The highest BCUT2D eigenvalue weighted by Crippen LogP contribution is 2.28. The molecule has 1 N–H and O–H groups in total. The van der Waals surface area contributed by atoms with Gasteiger partial charge in [-0.15, -0.1) is 0 Å². The highest BCUT2D eigenvalue weighted by atomic mass is 19.2. The van der Waals surface area contributed by atoms with Crippen LogP contribution in [0.3, 0.4) is 0 Å². The van der Waals surface area contributed by atoms with Crippen LogP contribution >= 0.6 is 0 Å². The molecule has 0 radical (unpaired) electrons. The molecule has 0 bridgehead atoms. The summed E-state index contributed by atoms with van der Waals surface area (Å²) >= 11 is 0. The first kappa shape index (κ1) is 15.4. The molecule has 0 saturated heterocycles. The Morgan fingerprint density at radius 2 is 1.90 bits per heavy atom. The van der Waals surface area contributed by atoms with Crippen molar-refractivity contribution in [1.29, 1.82) is 0 Å². The van der Waals surface area contributed by atoms with E-state index in [2.05, 4.69) is 4.98 Å². The number of aryl methyl sites for hydroxylation is 1. The minimum atomic E-state index is -0.956. The van der Waals surface area contributed by atoms with Gasteiger partial charge in [0.05, 0.1) is 17.5 Å². The zero-order valence-electron chi connectivity index (χ0n) is 12.2. The Labute approximate surface area is 121 Å². The molecule has 6 heteroatoms. The lowest BCUT2D eigenvalue weighted by Crippen LogP contribution is -2.13. The number of rotatable bonds is 5. The van der Waals surface area contributed by atoms with Gasteiger partial charge in [-0.05, 0) is 5.92 Å². The van der Waals surface area contributed by atoms with Gasteiger partial charge in [-0.25, -0.2) is 13.8 Å². The van der Waals surface area contributed by atoms with E-state index < -0.39 is 17.6 Å². The first-order valence-electron chi connectivity index (χ1n) is 6.88. The van der Waals surface area contributed by atoms with E-state index in [4.69, 9.17) is 5.11 Å². The standard InChI is InChI=1S/C15H18F2N2O2/c1-8(2)9(3)15-18-12-6-10(16)11(17)7-13(12)19(15)5-4-14(20)21/h6-9H,4-5H2,1-3H3,(H,20,21). The number of carboxylic acids is 1. The Hall–Kier alpha value is -1.98. The monoisotopic (exact) mass is 296 g/mol. The maximum Gasteiger partial charge on any atom is 0.305 e. The normalized spacial score (nSPS) is 13.0. The molecule has 2 aromatic rings. The fraction of sp³-hybridized carbons (Fsp3) is 0.467. The number of benzene rings is 1. The van der Waals surface area contributed by atoms with Crippen molar-refractivity contribution < 1.29 is 18.7 Å². The number of hydrogen-bond acceptors (Lipinski definition) is 2. The van der Waals surface area contributed by atoms with Crippen LogP contribution in [0.15, 0.2) is 12.1 Å². The van der Waals surface area contributed by atoms with Crippen LogP contribution in [0.2, 0.25) is 0 Å². The first-order chi connectivity index (χ1) is 9.81. The van der Waals surface area contributed by atoms with E-state index in [1.54, 1.807) is 4.57 Å². The number of hydrogen-bond donors (Lipinski definition) is 1. The topological polar surface area (TPSA) is 55.1 Å². The second kappa shape index (κ2) is 5.79. The number of aliphatic carboxylic acids is 1. The summed E-state index contributed by atoms with van der Waals surface area (Å²) in [6.07, 6.45) is -0.0950. The zero-order chi connectivity index (χ0) is 15.7. The number of carboxylic acid groups (broad SMARTS) is 1. The highest BCUT2D eigenvalue weighted by Gasteiger charge is 2.21. The molecule has 1 aromatic carbocycles. The van der Waals surface area contributed by atoms with Gasteiger partial charge in [0.15, 0.2) is 11.6 Å². The predicted octanol–water partition coefficient (Wildman–Crippen LogP) is 3.55. The number of halogens is 2. The Morgan fingerprint density at radius 1 is 1.29 bits per heavy atom. The number of fused-ring (bicyclic) bond motifs is 1. The van der Waals surface area contributed by atoms with Crippen molar-refractivity contribution in [3.05, 3.63) is 29.6 Å². The molecule has 0 aliphatic rings. The zero-order valence-corrected chi connectivity index (χ0v) is 12.2. The third kappa shape index (κ3) is 3.04. The van der Waals surface area contributed by atoms with Crippen molar-refractivity contribution in [3.8, 4) is 0 Å². The Kier molecular flexibility index (Phi) is 4.25. The molecule has 0 aliphatic heterocycles. The molecular formula is C15H18F2N2O2. The molecule has 1 unspecified atom stereocenters. The van der Waals surface area contributed by atoms with Gasteiger partial charge >= 0.3 is 5.97 Å². The van der Waals surface area contributed by atoms with Crippen molar-refractivity contribution in [2.75, 3.05) is 0 Å². The maximum atomic E-state index is 13.5. The second-order valence-corrected chi connectivity index (χ2v) is 5.55. The van der Waals surface area contributed by atoms with Crippen LogP contribution in [0.5, 0.6) is 0 Å². The number of nitrogens with zero attached hydrogens (tertiary/aromatic N) is 2. The van der Waals surface area contributed by atoms with Gasteiger partial charge in [0.1, 0.15) is 5.82 Å². The average molecular weight is 296 g/mol. The van der Waals surface area contributed by atoms with Gasteiger partial charge in [-0.3, -0.25) is 4.79 Å². The summed E-state index contributed by atoms with van der Waals surface area (Å²) in [6, 6.07) is 2.13. The number of imidazole rings is 1. The van der Waals surface area contributed by atoms with E-state index in [9.17, 15) is 13.6 Å². The second-order valence-electron chi connectivity index (χ2n) is 5.55. The van der Waals surface area contributed by atoms with Crippen LogP contribution in [-0.4, -0.2) is 20.6 Å². The minimum absolute atomic E-state index is 0.0531. The van der Waals surface area contributed by atoms with Crippen molar-refractivity contribution in [2.24, 2.45) is 5.92 Å². The van der Waals surface area contributed by atoms with Gasteiger partial charge in [-0.2, -0.15) is 0 Å². The van der Waals surface area contributed by atoms with Gasteiger partial charge in [0, 0.05) is 24.6 Å². The van der Waals surface area contributed by atoms with Crippen LogP contribution in [0, 0.1) is 17.6 Å². The van der Waals surface area contributed by atoms with E-state index in [1.165, 1.54) is 0 Å². The van der Waals surface area contributed by atoms with Crippen LogP contribution in [0.4, 0.5) is 8.78 Å². The molecular weight excluding hydrogens is 278 g/mol. The molecule has 4 nitrogen and oxygen atoms in total. The summed E-state index contributed by atoms with van der Waals surface area (Å²) in [5.74, 6) is -1.86. The van der Waals surface area contributed by atoms with Gasteiger partial charge in [0.2, 0.25) is 0 Å². The summed E-state index contributed by atoms with van der Waals surface area (Å²) in [5, 5.41) is 8.85. The first-order valence-corrected chi connectivity index (χ1v) is 6.88. The fourth-order valence-electron chi connectivity index (χ4n) is 2.23. The van der Waals surface area contributed by atoms with Crippen molar-refractivity contribution >= 4 is 17.0 Å². The smallest absolute Gasteiger partial charge is 0.305 e. The molecule has 0 amide bonds. The maximum absolute atomic E-state index is 13.5. The molecule has 21 heavy (non-hydrogen) atoms. The lowest BCUT2D eigenvalue weighted by Gasteiger charge is -2.17.